The molecule has 2 atom stereocenters. The van der Waals surface area contributed by atoms with Crippen LogP contribution in [0.5, 0.6) is 0 Å². The number of urea groups is 1. The fourth-order valence-electron chi connectivity index (χ4n) is 2.52. The van der Waals surface area contributed by atoms with E-state index < -0.39 is 12.0 Å². The van der Waals surface area contributed by atoms with Crippen molar-refractivity contribution in [3.8, 4) is 0 Å². The number of carbonyl (C=O) groups excluding carboxylic acids is 2. The quantitative estimate of drug-likeness (QED) is 0.584. The Bertz CT molecular complexity index is 586. The van der Waals surface area contributed by atoms with Gasteiger partial charge in [0.25, 0.3) is 0 Å². The number of esters is 1. The van der Waals surface area contributed by atoms with Gasteiger partial charge in [0.05, 0.1) is 12.6 Å². The first-order valence-corrected chi connectivity index (χ1v) is 8.50. The lowest BCUT2D eigenvalue weighted by molar-refractivity contribution is -0.148. The molecule has 6 heteroatoms. The lowest BCUT2D eigenvalue weighted by Crippen LogP contribution is -2.51. The number of halogens is 1. The number of amides is 2. The monoisotopic (exact) mass is 380 g/mol. The highest BCUT2D eigenvalue weighted by molar-refractivity contribution is 9.10. The van der Waals surface area contributed by atoms with Gasteiger partial charge in [-0.1, -0.05) is 54.4 Å². The van der Waals surface area contributed by atoms with E-state index in [0.717, 1.165) is 29.3 Å². The first-order valence-electron chi connectivity index (χ1n) is 7.71. The third-order valence-corrected chi connectivity index (χ3v) is 4.27. The van der Waals surface area contributed by atoms with E-state index in [4.69, 9.17) is 4.74 Å². The lowest BCUT2D eigenvalue weighted by Gasteiger charge is -2.33. The summed E-state index contributed by atoms with van der Waals surface area (Å²) in [5.41, 5.74) is 1.20. The van der Waals surface area contributed by atoms with Gasteiger partial charge in [0.1, 0.15) is 5.92 Å². The van der Waals surface area contributed by atoms with Crippen LogP contribution in [0.15, 0.2) is 41.0 Å². The van der Waals surface area contributed by atoms with Gasteiger partial charge in [0, 0.05) is 10.2 Å². The maximum atomic E-state index is 12.4. The summed E-state index contributed by atoms with van der Waals surface area (Å²) < 4.78 is 6.29. The SMILES string of the molecule is C=C1NC(=O)N[C@H](c2ccc(Br)cc2)[C@H]1C(=O)OCCCCC. The molecule has 0 aromatic heterocycles. The van der Waals surface area contributed by atoms with E-state index in [1.807, 2.05) is 24.3 Å². The molecule has 1 saturated heterocycles. The molecule has 1 aliphatic rings. The zero-order chi connectivity index (χ0) is 16.8. The molecular formula is C17H21BrN2O3. The standard InChI is InChI=1S/C17H21BrN2O3/c1-3-4-5-10-23-16(21)14-11(2)19-17(22)20-15(14)12-6-8-13(18)9-7-12/h6-9,14-15H,2-5,10H2,1H3,(H2,19,20,22)/t14-,15+/m0/s1. The summed E-state index contributed by atoms with van der Waals surface area (Å²) in [6, 6.07) is 6.63. The Morgan fingerprint density at radius 3 is 2.65 bits per heavy atom. The van der Waals surface area contributed by atoms with Gasteiger partial charge in [-0.15, -0.1) is 0 Å². The van der Waals surface area contributed by atoms with Gasteiger partial charge in [-0.25, -0.2) is 4.79 Å². The molecule has 1 heterocycles. The van der Waals surface area contributed by atoms with Crippen molar-refractivity contribution >= 4 is 27.9 Å². The van der Waals surface area contributed by atoms with E-state index in [-0.39, 0.29) is 12.0 Å². The molecule has 1 aromatic rings. The zero-order valence-corrected chi connectivity index (χ0v) is 14.7. The van der Waals surface area contributed by atoms with Crippen molar-refractivity contribution in [2.24, 2.45) is 5.92 Å². The molecule has 2 amide bonds. The van der Waals surface area contributed by atoms with Crippen LogP contribution in [0.1, 0.15) is 37.8 Å². The van der Waals surface area contributed by atoms with Crippen LogP contribution in [0.4, 0.5) is 4.79 Å². The third kappa shape index (κ3) is 4.58. The molecule has 0 unspecified atom stereocenters. The minimum Gasteiger partial charge on any atom is -0.465 e. The van der Waals surface area contributed by atoms with Crippen LogP contribution >= 0.6 is 15.9 Å². The Hall–Kier alpha value is -1.82. The Kier molecular flexibility index (Phi) is 6.21. The predicted octanol–water partition coefficient (Wildman–Crippen LogP) is 3.67. The van der Waals surface area contributed by atoms with Crippen LogP contribution in [-0.4, -0.2) is 18.6 Å². The number of benzene rings is 1. The van der Waals surface area contributed by atoms with E-state index in [1.54, 1.807) is 0 Å². The van der Waals surface area contributed by atoms with Gasteiger partial charge >= 0.3 is 12.0 Å². The Balaban J connectivity index is 2.14. The second-order valence-corrected chi connectivity index (χ2v) is 6.42. The number of hydrogen-bond acceptors (Lipinski definition) is 3. The summed E-state index contributed by atoms with van der Waals surface area (Å²) in [4.78, 5) is 24.2. The Morgan fingerprint density at radius 1 is 1.30 bits per heavy atom. The molecule has 0 aliphatic carbocycles. The van der Waals surface area contributed by atoms with Gasteiger partial charge in [-0.2, -0.15) is 0 Å². The minimum absolute atomic E-state index is 0.363. The number of unbranched alkanes of at least 4 members (excludes halogenated alkanes) is 2. The molecule has 1 aromatic carbocycles. The number of hydrogen-bond donors (Lipinski definition) is 2. The van der Waals surface area contributed by atoms with Crippen LogP contribution in [0.2, 0.25) is 0 Å². The molecule has 2 rings (SSSR count). The number of rotatable bonds is 6. The average molecular weight is 381 g/mol. The molecule has 23 heavy (non-hydrogen) atoms. The maximum Gasteiger partial charge on any atom is 0.319 e. The Morgan fingerprint density at radius 2 is 2.00 bits per heavy atom. The molecule has 2 N–H and O–H groups in total. The topological polar surface area (TPSA) is 67.4 Å². The van der Waals surface area contributed by atoms with Crippen LogP contribution in [0.3, 0.4) is 0 Å². The van der Waals surface area contributed by atoms with Gasteiger partial charge in [-0.05, 0) is 24.1 Å². The maximum absolute atomic E-state index is 12.4. The number of nitrogens with one attached hydrogen (secondary N) is 2. The Labute approximate surface area is 144 Å². The van der Waals surface area contributed by atoms with Crippen molar-refractivity contribution < 1.29 is 14.3 Å². The van der Waals surface area contributed by atoms with Crippen LogP contribution < -0.4 is 10.6 Å². The second-order valence-electron chi connectivity index (χ2n) is 5.51. The fraction of sp³-hybridized carbons (Fsp3) is 0.412. The lowest BCUT2D eigenvalue weighted by atomic mass is 9.89. The molecular weight excluding hydrogens is 360 g/mol. The van der Waals surface area contributed by atoms with E-state index in [9.17, 15) is 9.59 Å². The van der Waals surface area contributed by atoms with Gasteiger partial charge in [-0.3, -0.25) is 4.79 Å². The van der Waals surface area contributed by atoms with E-state index in [2.05, 4.69) is 40.1 Å². The predicted molar refractivity (Wildman–Crippen MR) is 91.7 cm³/mol. The molecule has 0 bridgehead atoms. The number of ether oxygens (including phenoxy) is 1. The van der Waals surface area contributed by atoms with Crippen molar-refractivity contribution in [3.05, 3.63) is 46.6 Å². The van der Waals surface area contributed by atoms with Crippen molar-refractivity contribution in [2.75, 3.05) is 6.61 Å². The van der Waals surface area contributed by atoms with E-state index >= 15 is 0 Å². The second kappa shape index (κ2) is 8.15. The number of carbonyl (C=O) groups is 2. The zero-order valence-electron chi connectivity index (χ0n) is 13.1. The molecule has 1 aliphatic heterocycles. The third-order valence-electron chi connectivity index (χ3n) is 3.74. The molecule has 1 fully saturated rings. The first kappa shape index (κ1) is 17.5. The van der Waals surface area contributed by atoms with Crippen LogP contribution in [0.25, 0.3) is 0 Å². The van der Waals surface area contributed by atoms with Crippen LogP contribution in [-0.2, 0) is 9.53 Å². The molecule has 0 spiro atoms. The largest absolute Gasteiger partial charge is 0.465 e. The highest BCUT2D eigenvalue weighted by Crippen LogP contribution is 2.31. The van der Waals surface area contributed by atoms with E-state index in [0.29, 0.717) is 12.3 Å². The fourth-order valence-corrected chi connectivity index (χ4v) is 2.79. The summed E-state index contributed by atoms with van der Waals surface area (Å²) in [5.74, 6) is -1.01. The van der Waals surface area contributed by atoms with Crippen molar-refractivity contribution in [1.29, 1.82) is 0 Å². The molecule has 5 nitrogen and oxygen atoms in total. The van der Waals surface area contributed by atoms with Crippen LogP contribution in [0, 0.1) is 5.92 Å². The van der Waals surface area contributed by atoms with Gasteiger partial charge in [0.2, 0.25) is 0 Å². The summed E-state index contributed by atoms with van der Waals surface area (Å²) in [7, 11) is 0. The summed E-state index contributed by atoms with van der Waals surface area (Å²) in [6.07, 6.45) is 2.92. The normalized spacial score (nSPS) is 20.6. The van der Waals surface area contributed by atoms with Gasteiger partial charge < -0.3 is 15.4 Å². The smallest absolute Gasteiger partial charge is 0.319 e. The van der Waals surface area contributed by atoms with Crippen molar-refractivity contribution in [2.45, 2.75) is 32.2 Å². The minimum atomic E-state index is -0.643. The van der Waals surface area contributed by atoms with Gasteiger partial charge in [0.15, 0.2) is 0 Å². The molecule has 0 saturated carbocycles. The highest BCUT2D eigenvalue weighted by Gasteiger charge is 2.38. The molecule has 0 radical (unpaired) electrons. The van der Waals surface area contributed by atoms with E-state index in [1.165, 1.54) is 0 Å². The summed E-state index contributed by atoms with van der Waals surface area (Å²) >= 11 is 3.38. The summed E-state index contributed by atoms with van der Waals surface area (Å²) in [6.45, 7) is 6.30. The summed E-state index contributed by atoms with van der Waals surface area (Å²) in [5, 5.41) is 5.36. The molecule has 124 valence electrons. The highest BCUT2D eigenvalue weighted by atomic mass is 79.9. The van der Waals surface area contributed by atoms with Crippen molar-refractivity contribution in [3.63, 3.8) is 0 Å². The average Bonchev–Trinajstić information content (AvgIpc) is 2.51. The first-order chi connectivity index (χ1) is 11.0. The van der Waals surface area contributed by atoms with Crippen molar-refractivity contribution in [1.82, 2.24) is 10.6 Å².